The molecule has 0 amide bonds. The molecule has 0 aromatic carbocycles. The van der Waals surface area contributed by atoms with E-state index in [1.165, 1.54) is 11.3 Å². The highest BCUT2D eigenvalue weighted by atomic mass is 32.1. The van der Waals surface area contributed by atoms with Gasteiger partial charge < -0.3 is 30.5 Å². The summed E-state index contributed by atoms with van der Waals surface area (Å²) < 4.78 is 5.33. The first-order valence-electron chi connectivity index (χ1n) is 5.57. The monoisotopic (exact) mass is 276 g/mol. The normalized spacial score (nSPS) is 36.6. The van der Waals surface area contributed by atoms with Gasteiger partial charge in [-0.05, 0) is 0 Å². The Bertz CT molecular complexity index is 361. The predicted molar refractivity (Wildman–Crippen MR) is 64.4 cm³/mol. The number of nitrogens with zero attached hydrogens (tertiary/aromatic N) is 1. The van der Waals surface area contributed by atoms with Crippen molar-refractivity contribution < 1.29 is 25.2 Å². The Morgan fingerprint density at radius 1 is 1.22 bits per heavy atom. The number of thiazole rings is 1. The SMILES string of the molecule is OC[C@H]1OC(CNc2nccs2)[C@@H](O)[C@@H](O)[C@@H]1O. The number of aromatic nitrogens is 1. The minimum Gasteiger partial charge on any atom is -0.394 e. The molecule has 7 nitrogen and oxygen atoms in total. The molecule has 1 fully saturated rings. The van der Waals surface area contributed by atoms with E-state index in [0.717, 1.165) is 0 Å². The van der Waals surface area contributed by atoms with Gasteiger partial charge >= 0.3 is 0 Å². The van der Waals surface area contributed by atoms with Gasteiger partial charge in [-0.2, -0.15) is 0 Å². The van der Waals surface area contributed by atoms with Crippen molar-refractivity contribution in [3.63, 3.8) is 0 Å². The lowest BCUT2D eigenvalue weighted by Crippen LogP contribution is -2.60. The number of rotatable bonds is 4. The van der Waals surface area contributed by atoms with E-state index in [1.54, 1.807) is 11.6 Å². The first-order chi connectivity index (χ1) is 8.63. The topological polar surface area (TPSA) is 115 Å². The molecule has 1 aromatic rings. The lowest BCUT2D eigenvalue weighted by molar-refractivity contribution is -0.225. The molecule has 8 heteroatoms. The van der Waals surface area contributed by atoms with Crippen LogP contribution < -0.4 is 5.32 Å². The standard InChI is InChI=1S/C10H16N2O5S/c13-4-6-8(15)9(16)7(14)5(17-6)3-12-10-11-1-2-18-10/h1-2,5-9,13-16H,3-4H2,(H,11,12)/t5?,6-,7-,8-,9-/m1/s1. The number of aliphatic hydroxyl groups excluding tert-OH is 4. The van der Waals surface area contributed by atoms with Crippen LogP contribution >= 0.6 is 11.3 Å². The Kier molecular flexibility index (Phi) is 4.49. The summed E-state index contributed by atoms with van der Waals surface area (Å²) in [5.74, 6) is 0. The highest BCUT2D eigenvalue weighted by Gasteiger charge is 2.43. The molecular weight excluding hydrogens is 260 g/mol. The molecule has 0 aliphatic carbocycles. The molecule has 2 heterocycles. The van der Waals surface area contributed by atoms with E-state index in [-0.39, 0.29) is 6.54 Å². The molecule has 5 atom stereocenters. The Balaban J connectivity index is 1.94. The van der Waals surface area contributed by atoms with Crippen molar-refractivity contribution in [1.29, 1.82) is 0 Å². The van der Waals surface area contributed by atoms with Crippen LogP contribution in [0.5, 0.6) is 0 Å². The van der Waals surface area contributed by atoms with E-state index in [2.05, 4.69) is 10.3 Å². The summed E-state index contributed by atoms with van der Waals surface area (Å²) in [5, 5.41) is 43.4. The van der Waals surface area contributed by atoms with Crippen LogP contribution in [0.3, 0.4) is 0 Å². The summed E-state index contributed by atoms with van der Waals surface area (Å²) in [4.78, 5) is 4.01. The second-order valence-corrected chi connectivity index (χ2v) is 4.98. The van der Waals surface area contributed by atoms with Crippen LogP contribution in [-0.2, 0) is 4.74 Å². The zero-order chi connectivity index (χ0) is 13.1. The van der Waals surface area contributed by atoms with Crippen LogP contribution in [0, 0.1) is 0 Å². The van der Waals surface area contributed by atoms with Gasteiger partial charge in [-0.1, -0.05) is 0 Å². The van der Waals surface area contributed by atoms with Crippen LogP contribution in [0.25, 0.3) is 0 Å². The molecule has 0 saturated carbocycles. The van der Waals surface area contributed by atoms with Crippen molar-refractivity contribution in [2.75, 3.05) is 18.5 Å². The molecule has 1 aliphatic heterocycles. The van der Waals surface area contributed by atoms with Crippen molar-refractivity contribution in [2.45, 2.75) is 30.5 Å². The number of ether oxygens (including phenoxy) is 1. The van der Waals surface area contributed by atoms with E-state index in [1.807, 2.05) is 0 Å². The van der Waals surface area contributed by atoms with E-state index in [9.17, 15) is 15.3 Å². The molecule has 0 radical (unpaired) electrons. The van der Waals surface area contributed by atoms with Crippen LogP contribution in [0.15, 0.2) is 11.6 Å². The number of anilines is 1. The zero-order valence-electron chi connectivity index (χ0n) is 9.51. The highest BCUT2D eigenvalue weighted by Crippen LogP contribution is 2.22. The van der Waals surface area contributed by atoms with Gasteiger partial charge in [0.2, 0.25) is 0 Å². The molecule has 1 aromatic heterocycles. The van der Waals surface area contributed by atoms with E-state index >= 15 is 0 Å². The lowest BCUT2D eigenvalue weighted by Gasteiger charge is -2.40. The third kappa shape index (κ3) is 2.79. The fourth-order valence-corrected chi connectivity index (χ4v) is 2.38. The first kappa shape index (κ1) is 13.7. The van der Waals surface area contributed by atoms with Crippen molar-refractivity contribution in [2.24, 2.45) is 0 Å². The fourth-order valence-electron chi connectivity index (χ4n) is 1.85. The second kappa shape index (κ2) is 5.91. The Morgan fingerprint density at radius 2 is 1.94 bits per heavy atom. The van der Waals surface area contributed by atoms with Gasteiger partial charge in [-0.15, -0.1) is 11.3 Å². The summed E-state index contributed by atoms with van der Waals surface area (Å²) in [6, 6.07) is 0. The minimum atomic E-state index is -1.33. The Hall–Kier alpha value is -0.770. The van der Waals surface area contributed by atoms with Crippen LogP contribution in [0.1, 0.15) is 0 Å². The second-order valence-electron chi connectivity index (χ2n) is 4.09. The maximum atomic E-state index is 9.78. The summed E-state index contributed by atoms with van der Waals surface area (Å²) in [6.07, 6.45) is -3.81. The van der Waals surface area contributed by atoms with E-state index in [0.29, 0.717) is 5.13 Å². The maximum Gasteiger partial charge on any atom is 0.182 e. The smallest absolute Gasteiger partial charge is 0.182 e. The van der Waals surface area contributed by atoms with Gasteiger partial charge in [-0.3, -0.25) is 0 Å². The third-order valence-corrected chi connectivity index (χ3v) is 3.61. The fraction of sp³-hybridized carbons (Fsp3) is 0.700. The van der Waals surface area contributed by atoms with Crippen LogP contribution in [-0.4, -0.2) is 69.1 Å². The summed E-state index contributed by atoms with van der Waals surface area (Å²) >= 11 is 1.40. The highest BCUT2D eigenvalue weighted by molar-refractivity contribution is 7.13. The minimum absolute atomic E-state index is 0.231. The van der Waals surface area contributed by atoms with Gasteiger partial charge in [0.05, 0.1) is 6.61 Å². The molecule has 5 N–H and O–H groups in total. The van der Waals surface area contributed by atoms with Crippen LogP contribution in [0.4, 0.5) is 5.13 Å². The molecular formula is C10H16N2O5S. The van der Waals surface area contributed by atoms with Gasteiger partial charge in [0, 0.05) is 18.1 Å². The third-order valence-electron chi connectivity index (χ3n) is 2.88. The quantitative estimate of drug-likeness (QED) is 0.450. The predicted octanol–water partition coefficient (Wildman–Crippen LogP) is -1.60. The Labute approximate surface area is 108 Å². The lowest BCUT2D eigenvalue weighted by atomic mass is 9.95. The maximum absolute atomic E-state index is 9.78. The number of nitrogens with one attached hydrogen (secondary N) is 1. The van der Waals surface area contributed by atoms with Gasteiger partial charge in [0.25, 0.3) is 0 Å². The molecule has 102 valence electrons. The summed E-state index contributed by atoms with van der Waals surface area (Å²) in [7, 11) is 0. The molecule has 1 unspecified atom stereocenters. The van der Waals surface area contributed by atoms with Gasteiger partial charge in [0.1, 0.15) is 30.5 Å². The zero-order valence-corrected chi connectivity index (χ0v) is 10.3. The largest absolute Gasteiger partial charge is 0.394 e. The van der Waals surface area contributed by atoms with Crippen LogP contribution in [0.2, 0.25) is 0 Å². The summed E-state index contributed by atoms with van der Waals surface area (Å²) in [6.45, 7) is -0.187. The molecule has 0 bridgehead atoms. The van der Waals surface area contributed by atoms with E-state index in [4.69, 9.17) is 9.84 Å². The van der Waals surface area contributed by atoms with Crippen molar-refractivity contribution >= 4 is 16.5 Å². The number of aliphatic hydroxyl groups is 4. The first-order valence-corrected chi connectivity index (χ1v) is 6.45. The molecule has 1 aliphatic rings. The molecule has 1 saturated heterocycles. The molecule has 2 rings (SSSR count). The Morgan fingerprint density at radius 3 is 2.56 bits per heavy atom. The van der Waals surface area contributed by atoms with Gasteiger partial charge in [-0.25, -0.2) is 4.98 Å². The summed E-state index contributed by atoms with van der Waals surface area (Å²) in [5.41, 5.74) is 0. The van der Waals surface area contributed by atoms with Crippen molar-refractivity contribution in [3.8, 4) is 0 Å². The van der Waals surface area contributed by atoms with Crippen molar-refractivity contribution in [3.05, 3.63) is 11.6 Å². The van der Waals surface area contributed by atoms with Gasteiger partial charge in [0.15, 0.2) is 5.13 Å². The van der Waals surface area contributed by atoms with Crippen molar-refractivity contribution in [1.82, 2.24) is 4.98 Å². The molecule has 0 spiro atoms. The van der Waals surface area contributed by atoms with E-state index < -0.39 is 37.1 Å². The number of hydrogen-bond donors (Lipinski definition) is 5. The average molecular weight is 276 g/mol. The molecule has 18 heavy (non-hydrogen) atoms. The number of hydrogen-bond acceptors (Lipinski definition) is 8. The average Bonchev–Trinajstić information content (AvgIpc) is 2.88.